The number of hydrogen-bond donors (Lipinski definition) is 2. The Morgan fingerprint density at radius 1 is 1.29 bits per heavy atom. The quantitative estimate of drug-likeness (QED) is 0.368. The van der Waals surface area contributed by atoms with Crippen LogP contribution >= 0.6 is 39.9 Å². The summed E-state index contributed by atoms with van der Waals surface area (Å²) in [4.78, 5) is 4.22. The minimum absolute atomic E-state index is 0. The standard InChI is InChI=1S/C15H21BrN6O.HI/c1-10-20-21-14(22(10)3)9-19-15(17-2)18-8-11-7-12(16)5-6-13(11)23-4;/h5-7H,8-9H2,1-4H3,(H2,17,18,19);1H. The first-order chi connectivity index (χ1) is 11.0. The van der Waals surface area contributed by atoms with Crippen LogP contribution in [-0.4, -0.2) is 34.9 Å². The normalized spacial score (nSPS) is 11.0. The van der Waals surface area contributed by atoms with Gasteiger partial charge in [0.15, 0.2) is 11.8 Å². The van der Waals surface area contributed by atoms with E-state index in [9.17, 15) is 0 Å². The van der Waals surface area contributed by atoms with Gasteiger partial charge in [0.2, 0.25) is 0 Å². The van der Waals surface area contributed by atoms with Gasteiger partial charge in [0, 0.05) is 30.7 Å². The molecule has 0 amide bonds. The molecule has 132 valence electrons. The lowest BCUT2D eigenvalue weighted by atomic mass is 10.2. The number of rotatable bonds is 5. The van der Waals surface area contributed by atoms with E-state index in [0.29, 0.717) is 19.0 Å². The first kappa shape index (κ1) is 20.7. The van der Waals surface area contributed by atoms with Gasteiger partial charge in [0.05, 0.1) is 13.7 Å². The highest BCUT2D eigenvalue weighted by atomic mass is 127. The van der Waals surface area contributed by atoms with Crippen molar-refractivity contribution in [2.45, 2.75) is 20.0 Å². The van der Waals surface area contributed by atoms with E-state index in [1.54, 1.807) is 14.2 Å². The van der Waals surface area contributed by atoms with Crippen molar-refractivity contribution in [1.29, 1.82) is 0 Å². The fourth-order valence-corrected chi connectivity index (χ4v) is 2.46. The van der Waals surface area contributed by atoms with Gasteiger partial charge in [-0.05, 0) is 25.1 Å². The maximum absolute atomic E-state index is 5.37. The number of methoxy groups -OCH3 is 1. The average Bonchev–Trinajstić information content (AvgIpc) is 2.87. The molecule has 1 heterocycles. The van der Waals surface area contributed by atoms with Crippen LogP contribution in [0.25, 0.3) is 0 Å². The van der Waals surface area contributed by atoms with Crippen LogP contribution in [0, 0.1) is 6.92 Å². The molecule has 0 fully saturated rings. The number of benzene rings is 1. The Kier molecular flexibility index (Phi) is 8.46. The second kappa shape index (κ2) is 9.82. The van der Waals surface area contributed by atoms with Crippen molar-refractivity contribution in [3.05, 3.63) is 39.9 Å². The van der Waals surface area contributed by atoms with E-state index in [-0.39, 0.29) is 24.0 Å². The van der Waals surface area contributed by atoms with E-state index >= 15 is 0 Å². The number of nitrogens with one attached hydrogen (secondary N) is 2. The Balaban J connectivity index is 0.00000288. The van der Waals surface area contributed by atoms with Gasteiger partial charge in [0.25, 0.3) is 0 Å². The number of ether oxygens (including phenoxy) is 1. The molecule has 0 aliphatic carbocycles. The van der Waals surface area contributed by atoms with Gasteiger partial charge < -0.3 is 19.9 Å². The van der Waals surface area contributed by atoms with E-state index in [0.717, 1.165) is 27.4 Å². The molecule has 1 aromatic heterocycles. The zero-order valence-corrected chi connectivity index (χ0v) is 18.0. The molecule has 1 aromatic carbocycles. The smallest absolute Gasteiger partial charge is 0.191 e. The molecule has 2 aromatic rings. The number of aryl methyl sites for hydroxylation is 1. The van der Waals surface area contributed by atoms with Crippen LogP contribution in [0.2, 0.25) is 0 Å². The summed E-state index contributed by atoms with van der Waals surface area (Å²) < 4.78 is 8.32. The summed E-state index contributed by atoms with van der Waals surface area (Å²) in [7, 11) is 5.33. The molecule has 0 saturated heterocycles. The van der Waals surface area contributed by atoms with Gasteiger partial charge in [-0.15, -0.1) is 34.2 Å². The van der Waals surface area contributed by atoms with Crippen molar-refractivity contribution in [1.82, 2.24) is 25.4 Å². The maximum Gasteiger partial charge on any atom is 0.191 e. The summed E-state index contributed by atoms with van der Waals surface area (Å²) in [6.45, 7) is 3.07. The van der Waals surface area contributed by atoms with Crippen LogP contribution in [0.15, 0.2) is 27.7 Å². The van der Waals surface area contributed by atoms with Crippen molar-refractivity contribution in [2.75, 3.05) is 14.2 Å². The van der Waals surface area contributed by atoms with Crippen molar-refractivity contribution in [3.8, 4) is 5.75 Å². The first-order valence-corrected chi connectivity index (χ1v) is 7.96. The monoisotopic (exact) mass is 508 g/mol. The molecule has 0 aliphatic heterocycles. The van der Waals surface area contributed by atoms with Crippen molar-refractivity contribution < 1.29 is 4.74 Å². The molecule has 0 aliphatic rings. The second-order valence-corrected chi connectivity index (χ2v) is 5.87. The van der Waals surface area contributed by atoms with Crippen molar-refractivity contribution >= 4 is 45.9 Å². The SMILES string of the molecule is CN=C(NCc1cc(Br)ccc1OC)NCc1nnc(C)n1C.I. The third-order valence-electron chi connectivity index (χ3n) is 3.51. The topological polar surface area (TPSA) is 76.4 Å². The summed E-state index contributed by atoms with van der Waals surface area (Å²) in [5.74, 6) is 3.25. The number of hydrogen-bond acceptors (Lipinski definition) is 4. The van der Waals surface area contributed by atoms with Crippen LogP contribution in [0.1, 0.15) is 17.2 Å². The van der Waals surface area contributed by atoms with Crippen LogP contribution in [0.5, 0.6) is 5.75 Å². The summed E-state index contributed by atoms with van der Waals surface area (Å²) in [5, 5.41) is 14.6. The number of guanidine groups is 1. The van der Waals surface area contributed by atoms with Crippen LogP contribution in [0.4, 0.5) is 0 Å². The summed E-state index contributed by atoms with van der Waals surface area (Å²) in [6, 6.07) is 5.90. The molecule has 0 saturated carbocycles. The van der Waals surface area contributed by atoms with Crippen molar-refractivity contribution in [2.24, 2.45) is 12.0 Å². The molecular weight excluding hydrogens is 487 g/mol. The Morgan fingerprint density at radius 2 is 2.00 bits per heavy atom. The minimum atomic E-state index is 0. The van der Waals surface area contributed by atoms with Gasteiger partial charge >= 0.3 is 0 Å². The maximum atomic E-state index is 5.37. The third kappa shape index (κ3) is 5.33. The zero-order valence-electron chi connectivity index (χ0n) is 14.1. The molecule has 0 radical (unpaired) electrons. The number of halogens is 2. The predicted molar refractivity (Wildman–Crippen MR) is 109 cm³/mol. The second-order valence-electron chi connectivity index (χ2n) is 4.96. The number of nitrogens with zero attached hydrogens (tertiary/aromatic N) is 4. The Morgan fingerprint density at radius 3 is 2.58 bits per heavy atom. The number of aromatic nitrogens is 3. The van der Waals surface area contributed by atoms with Crippen LogP contribution < -0.4 is 15.4 Å². The Bertz CT molecular complexity index is 703. The van der Waals surface area contributed by atoms with E-state index in [1.165, 1.54) is 0 Å². The van der Waals surface area contributed by atoms with Crippen LogP contribution in [0.3, 0.4) is 0 Å². The Hall–Kier alpha value is -1.36. The molecule has 0 atom stereocenters. The molecule has 0 bridgehead atoms. The summed E-state index contributed by atoms with van der Waals surface area (Å²) in [5.41, 5.74) is 1.04. The van der Waals surface area contributed by atoms with E-state index < -0.39 is 0 Å². The summed E-state index contributed by atoms with van der Waals surface area (Å²) >= 11 is 3.47. The van der Waals surface area contributed by atoms with Gasteiger partial charge in [-0.2, -0.15) is 0 Å². The first-order valence-electron chi connectivity index (χ1n) is 7.17. The van der Waals surface area contributed by atoms with E-state index in [2.05, 4.69) is 41.8 Å². The highest BCUT2D eigenvalue weighted by Crippen LogP contribution is 2.22. The molecule has 7 nitrogen and oxygen atoms in total. The predicted octanol–water partition coefficient (Wildman–Crippen LogP) is 2.38. The fraction of sp³-hybridized carbons (Fsp3) is 0.400. The molecule has 0 unspecified atom stereocenters. The molecule has 2 N–H and O–H groups in total. The zero-order chi connectivity index (χ0) is 16.8. The van der Waals surface area contributed by atoms with Gasteiger partial charge in [-0.1, -0.05) is 15.9 Å². The molecule has 24 heavy (non-hydrogen) atoms. The fourth-order valence-electron chi connectivity index (χ4n) is 2.05. The number of aliphatic imine (C=N–C) groups is 1. The largest absolute Gasteiger partial charge is 0.496 e. The minimum Gasteiger partial charge on any atom is -0.496 e. The molecule has 9 heteroatoms. The van der Waals surface area contributed by atoms with Gasteiger partial charge in [0.1, 0.15) is 11.6 Å². The highest BCUT2D eigenvalue weighted by Gasteiger charge is 2.08. The molecule has 2 rings (SSSR count). The van der Waals surface area contributed by atoms with E-state index in [4.69, 9.17) is 4.74 Å². The molecular formula is C15H22BrIN6O. The average molecular weight is 509 g/mol. The highest BCUT2D eigenvalue weighted by molar-refractivity contribution is 14.0. The third-order valence-corrected chi connectivity index (χ3v) is 4.00. The summed E-state index contributed by atoms with van der Waals surface area (Å²) in [6.07, 6.45) is 0. The van der Waals surface area contributed by atoms with Crippen molar-refractivity contribution in [3.63, 3.8) is 0 Å². The lowest BCUT2D eigenvalue weighted by Gasteiger charge is -2.14. The van der Waals surface area contributed by atoms with Gasteiger partial charge in [-0.25, -0.2) is 0 Å². The van der Waals surface area contributed by atoms with E-state index in [1.807, 2.05) is 36.7 Å². The molecule has 0 spiro atoms. The van der Waals surface area contributed by atoms with Crippen LogP contribution in [-0.2, 0) is 20.1 Å². The Labute approximate surface area is 167 Å². The van der Waals surface area contributed by atoms with Gasteiger partial charge in [-0.3, -0.25) is 4.99 Å². The lowest BCUT2D eigenvalue weighted by molar-refractivity contribution is 0.409. The lowest BCUT2D eigenvalue weighted by Crippen LogP contribution is -2.37.